The average Bonchev–Trinajstić information content (AvgIpc) is 2.63. The second kappa shape index (κ2) is 4.46. The number of nitrogens with one attached hydrogen (secondary N) is 1. The van der Waals surface area contributed by atoms with Gasteiger partial charge in [0.15, 0.2) is 0 Å². The first kappa shape index (κ1) is 9.52. The Morgan fingerprint density at radius 1 is 1.57 bits per heavy atom. The third-order valence-electron chi connectivity index (χ3n) is 2.63. The zero-order valence-electron chi connectivity index (χ0n) is 8.57. The zero-order chi connectivity index (χ0) is 9.80. The van der Waals surface area contributed by atoms with Crippen LogP contribution in [0, 0.1) is 5.92 Å². The van der Waals surface area contributed by atoms with E-state index in [-0.39, 0.29) is 0 Å². The van der Waals surface area contributed by atoms with Crippen molar-refractivity contribution in [3.63, 3.8) is 0 Å². The number of aryl methyl sites for hydroxylation is 1. The lowest BCUT2D eigenvalue weighted by Gasteiger charge is -2.21. The first-order valence-electron chi connectivity index (χ1n) is 5.16. The summed E-state index contributed by atoms with van der Waals surface area (Å²) < 4.78 is 7.12. The lowest BCUT2D eigenvalue weighted by atomic mass is 10.0. The monoisotopic (exact) mass is 195 g/mol. The molecule has 0 amide bonds. The van der Waals surface area contributed by atoms with Gasteiger partial charge in [0.1, 0.15) is 5.82 Å². The van der Waals surface area contributed by atoms with E-state index in [1.807, 2.05) is 24.0 Å². The Labute approximate surface area is 84.3 Å². The molecule has 1 aliphatic heterocycles. The fourth-order valence-electron chi connectivity index (χ4n) is 1.71. The van der Waals surface area contributed by atoms with E-state index in [9.17, 15) is 0 Å². The molecular formula is C10H17N3O. The summed E-state index contributed by atoms with van der Waals surface area (Å²) in [6, 6.07) is 2.00. The van der Waals surface area contributed by atoms with E-state index in [0.717, 1.165) is 31.5 Å². The minimum atomic E-state index is 0.741. The fraction of sp³-hybridized carbons (Fsp3) is 0.700. The highest BCUT2D eigenvalue weighted by Gasteiger charge is 2.13. The molecule has 1 aromatic heterocycles. The molecule has 0 aromatic carbocycles. The lowest BCUT2D eigenvalue weighted by Crippen LogP contribution is -2.22. The van der Waals surface area contributed by atoms with Crippen molar-refractivity contribution in [3.05, 3.63) is 12.3 Å². The first-order chi connectivity index (χ1) is 6.84. The van der Waals surface area contributed by atoms with Gasteiger partial charge in [-0.3, -0.25) is 4.68 Å². The normalized spacial score (nSPS) is 18.4. The smallest absolute Gasteiger partial charge is 0.147 e. The van der Waals surface area contributed by atoms with Crippen molar-refractivity contribution in [1.82, 2.24) is 9.78 Å². The van der Waals surface area contributed by atoms with Crippen molar-refractivity contribution >= 4 is 5.82 Å². The van der Waals surface area contributed by atoms with Gasteiger partial charge in [-0.15, -0.1) is 0 Å². The van der Waals surface area contributed by atoms with Gasteiger partial charge in [0.05, 0.1) is 0 Å². The molecule has 4 nitrogen and oxygen atoms in total. The first-order valence-corrected chi connectivity index (χ1v) is 5.16. The van der Waals surface area contributed by atoms with Gasteiger partial charge in [0, 0.05) is 39.1 Å². The van der Waals surface area contributed by atoms with E-state index in [2.05, 4.69) is 10.4 Å². The van der Waals surface area contributed by atoms with Crippen LogP contribution < -0.4 is 5.32 Å². The molecule has 1 aliphatic rings. The summed E-state index contributed by atoms with van der Waals surface area (Å²) in [4.78, 5) is 0. The zero-order valence-corrected chi connectivity index (χ0v) is 8.57. The van der Waals surface area contributed by atoms with Crippen LogP contribution in [0.1, 0.15) is 12.8 Å². The molecule has 2 rings (SSSR count). The largest absolute Gasteiger partial charge is 0.381 e. The number of hydrogen-bond acceptors (Lipinski definition) is 3. The Kier molecular flexibility index (Phi) is 3.03. The fourth-order valence-corrected chi connectivity index (χ4v) is 1.71. The molecule has 0 unspecified atom stereocenters. The van der Waals surface area contributed by atoms with Crippen molar-refractivity contribution in [2.75, 3.05) is 25.1 Å². The van der Waals surface area contributed by atoms with Gasteiger partial charge in [0.25, 0.3) is 0 Å². The van der Waals surface area contributed by atoms with Crippen LogP contribution in [0.5, 0.6) is 0 Å². The molecular weight excluding hydrogens is 178 g/mol. The predicted molar refractivity (Wildman–Crippen MR) is 55.2 cm³/mol. The second-order valence-corrected chi connectivity index (χ2v) is 3.81. The Balaban J connectivity index is 1.76. The number of anilines is 1. The minimum absolute atomic E-state index is 0.741. The second-order valence-electron chi connectivity index (χ2n) is 3.81. The molecule has 78 valence electrons. The topological polar surface area (TPSA) is 39.1 Å². The maximum Gasteiger partial charge on any atom is 0.147 e. The van der Waals surface area contributed by atoms with Crippen LogP contribution in [-0.4, -0.2) is 29.5 Å². The quantitative estimate of drug-likeness (QED) is 0.789. The number of hydrogen-bond donors (Lipinski definition) is 1. The van der Waals surface area contributed by atoms with Gasteiger partial charge in [-0.2, -0.15) is 5.10 Å². The molecule has 0 spiro atoms. The third kappa shape index (κ3) is 2.48. The van der Waals surface area contributed by atoms with Crippen LogP contribution in [-0.2, 0) is 11.8 Å². The van der Waals surface area contributed by atoms with Crippen LogP contribution in [0.3, 0.4) is 0 Å². The predicted octanol–water partition coefficient (Wildman–Crippen LogP) is 1.26. The van der Waals surface area contributed by atoms with Gasteiger partial charge in [-0.1, -0.05) is 0 Å². The summed E-state index contributed by atoms with van der Waals surface area (Å²) in [5, 5.41) is 7.62. The van der Waals surface area contributed by atoms with Crippen molar-refractivity contribution < 1.29 is 4.74 Å². The van der Waals surface area contributed by atoms with Crippen LogP contribution in [0.2, 0.25) is 0 Å². The molecule has 0 bridgehead atoms. The molecule has 0 saturated carbocycles. The molecule has 0 aliphatic carbocycles. The SMILES string of the molecule is Cn1ccc(NCC2CCOCC2)n1. The number of ether oxygens (including phenoxy) is 1. The van der Waals surface area contributed by atoms with E-state index in [1.165, 1.54) is 12.8 Å². The van der Waals surface area contributed by atoms with Gasteiger partial charge in [-0.05, 0) is 18.8 Å². The molecule has 0 atom stereocenters. The third-order valence-corrected chi connectivity index (χ3v) is 2.63. The van der Waals surface area contributed by atoms with Crippen LogP contribution in [0.15, 0.2) is 12.3 Å². The summed E-state index contributed by atoms with van der Waals surface area (Å²) in [6.45, 7) is 2.84. The van der Waals surface area contributed by atoms with Crippen molar-refractivity contribution in [3.8, 4) is 0 Å². The molecule has 4 heteroatoms. The van der Waals surface area contributed by atoms with Gasteiger partial charge < -0.3 is 10.1 Å². The van der Waals surface area contributed by atoms with Crippen molar-refractivity contribution in [2.45, 2.75) is 12.8 Å². The van der Waals surface area contributed by atoms with Crippen LogP contribution in [0.25, 0.3) is 0 Å². The molecule has 2 heterocycles. The Bertz CT molecular complexity index is 279. The molecule has 14 heavy (non-hydrogen) atoms. The van der Waals surface area contributed by atoms with Gasteiger partial charge >= 0.3 is 0 Å². The van der Waals surface area contributed by atoms with E-state index in [0.29, 0.717) is 0 Å². The standard InChI is InChI=1S/C10H17N3O/c1-13-5-2-10(12-13)11-8-9-3-6-14-7-4-9/h2,5,9H,3-4,6-8H2,1H3,(H,11,12). The Morgan fingerprint density at radius 3 is 3.00 bits per heavy atom. The summed E-state index contributed by atoms with van der Waals surface area (Å²) >= 11 is 0. The van der Waals surface area contributed by atoms with E-state index in [1.54, 1.807) is 0 Å². The molecule has 1 aromatic rings. The Morgan fingerprint density at radius 2 is 2.36 bits per heavy atom. The summed E-state index contributed by atoms with van der Waals surface area (Å²) in [6.07, 6.45) is 4.28. The van der Waals surface area contributed by atoms with Crippen LogP contribution >= 0.6 is 0 Å². The van der Waals surface area contributed by atoms with Crippen molar-refractivity contribution in [1.29, 1.82) is 0 Å². The molecule has 1 fully saturated rings. The van der Waals surface area contributed by atoms with Gasteiger partial charge in [0.2, 0.25) is 0 Å². The van der Waals surface area contributed by atoms with Gasteiger partial charge in [-0.25, -0.2) is 0 Å². The maximum absolute atomic E-state index is 5.31. The van der Waals surface area contributed by atoms with E-state index < -0.39 is 0 Å². The minimum Gasteiger partial charge on any atom is -0.381 e. The van der Waals surface area contributed by atoms with E-state index >= 15 is 0 Å². The van der Waals surface area contributed by atoms with E-state index in [4.69, 9.17) is 4.74 Å². The highest BCUT2D eigenvalue weighted by atomic mass is 16.5. The summed E-state index contributed by atoms with van der Waals surface area (Å²) in [7, 11) is 1.93. The molecule has 1 N–H and O–H groups in total. The van der Waals surface area contributed by atoms with Crippen LogP contribution in [0.4, 0.5) is 5.82 Å². The molecule has 0 radical (unpaired) electrons. The molecule has 1 saturated heterocycles. The average molecular weight is 195 g/mol. The number of aromatic nitrogens is 2. The Hall–Kier alpha value is -1.03. The lowest BCUT2D eigenvalue weighted by molar-refractivity contribution is 0.0699. The highest BCUT2D eigenvalue weighted by molar-refractivity contribution is 5.31. The number of nitrogens with zero attached hydrogens (tertiary/aromatic N) is 2. The summed E-state index contributed by atoms with van der Waals surface area (Å²) in [5.41, 5.74) is 0. The number of rotatable bonds is 3. The van der Waals surface area contributed by atoms with Crippen molar-refractivity contribution in [2.24, 2.45) is 13.0 Å². The summed E-state index contributed by atoms with van der Waals surface area (Å²) in [5.74, 6) is 1.71. The maximum atomic E-state index is 5.31. The highest BCUT2D eigenvalue weighted by Crippen LogP contribution is 2.15.